The Hall–Kier alpha value is -3.19. The molecule has 0 spiro atoms. The topological polar surface area (TPSA) is 64.4 Å². The lowest BCUT2D eigenvalue weighted by Gasteiger charge is -2.17. The lowest BCUT2D eigenvalue weighted by molar-refractivity contribution is -0.133. The Bertz CT molecular complexity index is 1060. The van der Waals surface area contributed by atoms with Crippen molar-refractivity contribution in [3.05, 3.63) is 81.9 Å². The lowest BCUT2D eigenvalue weighted by Crippen LogP contribution is -2.30. The van der Waals surface area contributed by atoms with Crippen molar-refractivity contribution >= 4 is 23.5 Å². The van der Waals surface area contributed by atoms with Gasteiger partial charge in [0.25, 0.3) is 5.91 Å². The number of hydrogen-bond donors (Lipinski definition) is 0. The zero-order chi connectivity index (χ0) is 21.8. The van der Waals surface area contributed by atoms with E-state index in [-0.39, 0.29) is 24.9 Å². The molecule has 2 aromatic carbocycles. The highest BCUT2D eigenvalue weighted by molar-refractivity contribution is 6.31. The molecule has 0 fully saturated rings. The molecule has 8 heteroatoms. The monoisotopic (exact) mass is 429 g/mol. The number of aryl methyl sites for hydroxylation is 1. The predicted octanol–water partition coefficient (Wildman–Crippen LogP) is 4.10. The van der Waals surface area contributed by atoms with Gasteiger partial charge in [-0.05, 0) is 55.8 Å². The van der Waals surface area contributed by atoms with Gasteiger partial charge in [-0.2, -0.15) is 5.10 Å². The number of esters is 1. The molecule has 1 aromatic heterocycles. The molecule has 0 aliphatic heterocycles. The first-order chi connectivity index (χ1) is 14.3. The number of hydrogen-bond acceptors (Lipinski definition) is 4. The van der Waals surface area contributed by atoms with Crippen LogP contribution in [0.4, 0.5) is 4.39 Å². The van der Waals surface area contributed by atoms with E-state index in [1.165, 1.54) is 17.0 Å². The molecule has 30 heavy (non-hydrogen) atoms. The first kappa shape index (κ1) is 21.5. The smallest absolute Gasteiger partial charge is 0.338 e. The Labute approximate surface area is 178 Å². The molecule has 0 unspecified atom stereocenters. The highest BCUT2D eigenvalue weighted by Gasteiger charge is 2.15. The number of rotatable bonds is 6. The molecule has 6 nitrogen and oxygen atoms in total. The molecule has 0 bridgehead atoms. The van der Waals surface area contributed by atoms with Crippen LogP contribution in [-0.2, 0) is 16.1 Å². The van der Waals surface area contributed by atoms with E-state index < -0.39 is 5.97 Å². The minimum absolute atomic E-state index is 0.288. The second-order valence-corrected chi connectivity index (χ2v) is 7.27. The Morgan fingerprint density at radius 3 is 2.30 bits per heavy atom. The number of carbonyl (C=O) groups excluding carboxylic acids is 2. The molecule has 0 N–H and O–H groups in total. The summed E-state index contributed by atoms with van der Waals surface area (Å²) in [6, 6.07) is 12.5. The van der Waals surface area contributed by atoms with E-state index in [9.17, 15) is 14.0 Å². The van der Waals surface area contributed by atoms with Crippen molar-refractivity contribution in [2.45, 2.75) is 20.4 Å². The summed E-state index contributed by atoms with van der Waals surface area (Å²) in [6.45, 7) is 3.59. The summed E-state index contributed by atoms with van der Waals surface area (Å²) in [5, 5.41) is 4.97. The van der Waals surface area contributed by atoms with Crippen molar-refractivity contribution in [3.63, 3.8) is 0 Å². The van der Waals surface area contributed by atoms with Crippen molar-refractivity contribution in [2.75, 3.05) is 13.7 Å². The van der Waals surface area contributed by atoms with Crippen LogP contribution in [0.15, 0.2) is 48.5 Å². The van der Waals surface area contributed by atoms with Crippen molar-refractivity contribution in [1.82, 2.24) is 14.7 Å². The number of likely N-dealkylation sites (N-methyl/N-ethyl adjacent to an activating group) is 1. The van der Waals surface area contributed by atoms with E-state index in [4.69, 9.17) is 16.3 Å². The molecule has 3 aromatic rings. The summed E-state index contributed by atoms with van der Waals surface area (Å²) in [6.07, 6.45) is 0. The van der Waals surface area contributed by atoms with Crippen LogP contribution >= 0.6 is 11.6 Å². The Morgan fingerprint density at radius 1 is 1.10 bits per heavy atom. The molecular formula is C22H21ClFN3O3. The van der Waals surface area contributed by atoms with Crippen LogP contribution in [0.1, 0.15) is 27.3 Å². The zero-order valence-corrected chi connectivity index (χ0v) is 17.6. The van der Waals surface area contributed by atoms with Gasteiger partial charge in [0.1, 0.15) is 5.82 Å². The summed E-state index contributed by atoms with van der Waals surface area (Å²) in [5.74, 6) is -1.30. The number of benzene rings is 2. The Kier molecular flexibility index (Phi) is 6.52. The second kappa shape index (κ2) is 9.09. The van der Waals surface area contributed by atoms with Crippen LogP contribution in [-0.4, -0.2) is 40.2 Å². The van der Waals surface area contributed by atoms with Crippen molar-refractivity contribution in [2.24, 2.45) is 0 Å². The molecule has 0 radical (unpaired) electrons. The molecule has 0 atom stereocenters. The molecular weight excluding hydrogens is 409 g/mol. The molecule has 0 aliphatic rings. The predicted molar refractivity (Wildman–Crippen MR) is 111 cm³/mol. The Balaban J connectivity index is 1.57. The van der Waals surface area contributed by atoms with E-state index >= 15 is 0 Å². The van der Waals surface area contributed by atoms with E-state index in [0.29, 0.717) is 10.6 Å². The third kappa shape index (κ3) is 4.86. The van der Waals surface area contributed by atoms with Crippen LogP contribution in [0.5, 0.6) is 0 Å². The standard InChI is InChI=1S/C22H21ClFN3O3/c1-14-21(23)15(2)27(25-14)19-10-6-17(7-11-19)22(29)30-13-20(28)26(3)12-16-4-8-18(24)9-5-16/h4-11H,12-13H2,1-3H3. The third-order valence-electron chi connectivity index (χ3n) is 4.64. The molecule has 1 heterocycles. The summed E-state index contributed by atoms with van der Waals surface area (Å²) in [7, 11) is 1.59. The fourth-order valence-electron chi connectivity index (χ4n) is 2.89. The maximum absolute atomic E-state index is 13.0. The van der Waals surface area contributed by atoms with Gasteiger partial charge in [-0.3, -0.25) is 4.79 Å². The number of amides is 1. The number of halogens is 2. The largest absolute Gasteiger partial charge is 0.452 e. The van der Waals surface area contributed by atoms with Crippen LogP contribution in [0.3, 0.4) is 0 Å². The zero-order valence-electron chi connectivity index (χ0n) is 16.9. The van der Waals surface area contributed by atoms with E-state index in [2.05, 4.69) is 5.10 Å². The minimum atomic E-state index is -0.600. The van der Waals surface area contributed by atoms with Gasteiger partial charge in [-0.15, -0.1) is 0 Å². The molecule has 156 valence electrons. The van der Waals surface area contributed by atoms with Gasteiger partial charge in [-0.1, -0.05) is 23.7 Å². The number of nitrogens with zero attached hydrogens (tertiary/aromatic N) is 3. The van der Waals surface area contributed by atoms with Crippen LogP contribution < -0.4 is 0 Å². The fourth-order valence-corrected chi connectivity index (χ4v) is 3.00. The van der Waals surface area contributed by atoms with Gasteiger partial charge < -0.3 is 9.64 Å². The van der Waals surface area contributed by atoms with E-state index in [1.807, 2.05) is 13.8 Å². The number of aromatic nitrogens is 2. The number of ether oxygens (including phenoxy) is 1. The van der Waals surface area contributed by atoms with Gasteiger partial charge in [0, 0.05) is 13.6 Å². The van der Waals surface area contributed by atoms with Crippen LogP contribution in [0.25, 0.3) is 5.69 Å². The summed E-state index contributed by atoms with van der Waals surface area (Å²) in [5.41, 5.74) is 3.38. The van der Waals surface area contributed by atoms with E-state index in [0.717, 1.165) is 22.6 Å². The van der Waals surface area contributed by atoms with Crippen LogP contribution in [0, 0.1) is 19.7 Å². The average molecular weight is 430 g/mol. The summed E-state index contributed by atoms with van der Waals surface area (Å²) in [4.78, 5) is 25.9. The first-order valence-electron chi connectivity index (χ1n) is 9.24. The maximum atomic E-state index is 13.0. The van der Waals surface area contributed by atoms with Crippen molar-refractivity contribution < 1.29 is 18.7 Å². The third-order valence-corrected chi connectivity index (χ3v) is 5.18. The minimum Gasteiger partial charge on any atom is -0.452 e. The van der Waals surface area contributed by atoms with Crippen LogP contribution in [0.2, 0.25) is 5.02 Å². The second-order valence-electron chi connectivity index (χ2n) is 6.90. The van der Waals surface area contributed by atoms with Gasteiger partial charge in [0.15, 0.2) is 6.61 Å². The van der Waals surface area contributed by atoms with Gasteiger partial charge in [0.05, 0.1) is 27.7 Å². The van der Waals surface area contributed by atoms with Crippen molar-refractivity contribution in [1.29, 1.82) is 0 Å². The quantitative estimate of drug-likeness (QED) is 0.553. The average Bonchev–Trinajstić information content (AvgIpc) is 3.00. The Morgan fingerprint density at radius 2 is 1.73 bits per heavy atom. The lowest BCUT2D eigenvalue weighted by atomic mass is 10.2. The van der Waals surface area contributed by atoms with Crippen molar-refractivity contribution in [3.8, 4) is 5.69 Å². The molecule has 0 aliphatic carbocycles. The first-order valence-corrected chi connectivity index (χ1v) is 9.61. The fraction of sp³-hybridized carbons (Fsp3) is 0.227. The molecule has 1 amide bonds. The van der Waals surface area contributed by atoms with E-state index in [1.54, 1.807) is 48.1 Å². The normalized spacial score (nSPS) is 10.7. The summed E-state index contributed by atoms with van der Waals surface area (Å²) >= 11 is 6.17. The highest BCUT2D eigenvalue weighted by Crippen LogP contribution is 2.22. The summed E-state index contributed by atoms with van der Waals surface area (Å²) < 4.78 is 19.8. The highest BCUT2D eigenvalue weighted by atomic mass is 35.5. The molecule has 0 saturated carbocycles. The van der Waals surface area contributed by atoms with Gasteiger partial charge in [-0.25, -0.2) is 13.9 Å². The SMILES string of the molecule is Cc1nn(-c2ccc(C(=O)OCC(=O)N(C)Cc3ccc(F)cc3)cc2)c(C)c1Cl. The van der Waals surface area contributed by atoms with Gasteiger partial charge in [0.2, 0.25) is 0 Å². The molecule has 3 rings (SSSR count). The van der Waals surface area contributed by atoms with Gasteiger partial charge >= 0.3 is 5.97 Å². The maximum Gasteiger partial charge on any atom is 0.338 e. The molecule has 0 saturated heterocycles. The number of carbonyl (C=O) groups is 2.